The van der Waals surface area contributed by atoms with Gasteiger partial charge in [-0.2, -0.15) is 5.10 Å². The molecule has 0 aromatic carbocycles. The van der Waals surface area contributed by atoms with Crippen LogP contribution in [0.1, 0.15) is 41.6 Å². The number of nitrogens with zero attached hydrogens (tertiary/aromatic N) is 4. The van der Waals surface area contributed by atoms with Crippen molar-refractivity contribution in [3.63, 3.8) is 0 Å². The first-order valence-electron chi connectivity index (χ1n) is 9.16. The van der Waals surface area contributed by atoms with Gasteiger partial charge in [0.2, 0.25) is 5.88 Å². The lowest BCUT2D eigenvalue weighted by Gasteiger charge is -2.26. The number of carboxylic acid groups (broad SMARTS) is 1. The molecule has 146 valence electrons. The van der Waals surface area contributed by atoms with Crippen LogP contribution in [0.15, 0.2) is 30.9 Å². The zero-order chi connectivity index (χ0) is 19.7. The average Bonchev–Trinajstić information content (AvgIpc) is 3.03. The summed E-state index contributed by atoms with van der Waals surface area (Å²) >= 11 is 0. The van der Waals surface area contributed by atoms with Crippen LogP contribution in [0.2, 0.25) is 0 Å². The van der Waals surface area contributed by atoms with Gasteiger partial charge >= 0.3 is 5.97 Å². The third-order valence-electron chi connectivity index (χ3n) is 5.00. The topological polar surface area (TPSA) is 122 Å². The van der Waals surface area contributed by atoms with Crippen LogP contribution >= 0.6 is 0 Å². The second kappa shape index (κ2) is 7.43. The van der Waals surface area contributed by atoms with Gasteiger partial charge in [-0.3, -0.25) is 0 Å². The highest BCUT2D eigenvalue weighted by Gasteiger charge is 2.23. The van der Waals surface area contributed by atoms with Gasteiger partial charge in [0.1, 0.15) is 23.6 Å². The first-order chi connectivity index (χ1) is 13.5. The van der Waals surface area contributed by atoms with Gasteiger partial charge in [-0.05, 0) is 50.3 Å². The van der Waals surface area contributed by atoms with E-state index in [-0.39, 0.29) is 17.8 Å². The zero-order valence-electron chi connectivity index (χ0n) is 15.4. The fourth-order valence-corrected chi connectivity index (χ4v) is 3.50. The average molecular weight is 383 g/mol. The highest BCUT2D eigenvalue weighted by atomic mass is 16.5. The molecule has 4 rings (SSSR count). The molecule has 0 spiro atoms. The Balaban J connectivity index is 1.64. The summed E-state index contributed by atoms with van der Waals surface area (Å²) in [5.74, 6) is -0.0981. The number of aromatic nitrogens is 4. The van der Waals surface area contributed by atoms with Crippen LogP contribution in [0.25, 0.3) is 5.52 Å². The number of ether oxygens (including phenoxy) is 1. The van der Waals surface area contributed by atoms with Crippen molar-refractivity contribution in [2.75, 3.05) is 5.32 Å². The summed E-state index contributed by atoms with van der Waals surface area (Å²) in [5.41, 5.74) is 1.96. The molecule has 3 heterocycles. The van der Waals surface area contributed by atoms with Gasteiger partial charge in [-0.1, -0.05) is 0 Å². The lowest BCUT2D eigenvalue weighted by Crippen LogP contribution is -2.27. The molecule has 0 bridgehead atoms. The second-order valence-corrected chi connectivity index (χ2v) is 6.90. The van der Waals surface area contributed by atoms with E-state index in [0.717, 1.165) is 12.8 Å². The van der Waals surface area contributed by atoms with Crippen LogP contribution in [0.4, 0.5) is 11.5 Å². The molecular weight excluding hydrogens is 362 g/mol. The maximum Gasteiger partial charge on any atom is 0.337 e. The van der Waals surface area contributed by atoms with E-state index in [1.165, 1.54) is 17.0 Å². The summed E-state index contributed by atoms with van der Waals surface area (Å²) in [6.07, 6.45) is 7.20. The molecule has 0 atom stereocenters. The lowest BCUT2D eigenvalue weighted by atomic mass is 9.95. The first-order valence-corrected chi connectivity index (χ1v) is 9.16. The van der Waals surface area contributed by atoms with Crippen LogP contribution in [0.5, 0.6) is 5.88 Å². The van der Waals surface area contributed by atoms with Crippen molar-refractivity contribution in [3.05, 3.63) is 42.0 Å². The van der Waals surface area contributed by atoms with E-state index in [1.54, 1.807) is 19.2 Å². The minimum atomic E-state index is -1.01. The molecule has 0 saturated heterocycles. The number of hydrogen-bond acceptors (Lipinski definition) is 7. The smallest absolute Gasteiger partial charge is 0.337 e. The van der Waals surface area contributed by atoms with Gasteiger partial charge in [0.05, 0.1) is 11.7 Å². The summed E-state index contributed by atoms with van der Waals surface area (Å²) in [7, 11) is 0. The minimum Gasteiger partial charge on any atom is -0.478 e. The van der Waals surface area contributed by atoms with E-state index >= 15 is 0 Å². The first kappa shape index (κ1) is 18.2. The molecule has 28 heavy (non-hydrogen) atoms. The molecule has 3 aromatic rings. The van der Waals surface area contributed by atoms with Gasteiger partial charge in [-0.15, -0.1) is 0 Å². The molecule has 9 heteroatoms. The number of aromatic carboxylic acids is 1. The Morgan fingerprint density at radius 1 is 1.29 bits per heavy atom. The fourth-order valence-electron chi connectivity index (χ4n) is 3.50. The number of pyridine rings is 1. The minimum absolute atomic E-state index is 0.00193. The molecule has 0 unspecified atom stereocenters. The molecule has 1 saturated carbocycles. The Kier molecular flexibility index (Phi) is 4.82. The second-order valence-electron chi connectivity index (χ2n) is 6.90. The summed E-state index contributed by atoms with van der Waals surface area (Å²) < 4.78 is 7.56. The number of hydrogen-bond donors (Lipinski definition) is 3. The van der Waals surface area contributed by atoms with Crippen molar-refractivity contribution in [2.45, 2.75) is 44.8 Å². The summed E-state index contributed by atoms with van der Waals surface area (Å²) in [6.45, 7) is 1.72. The number of anilines is 2. The molecule has 0 radical (unpaired) electrons. The standard InChI is InChI=1S/C19H21N5O4/c1-11-14(19(26)27)9-24-16(11)17(21-10-22-24)23-15-3-2-8-20-18(15)28-13-6-4-12(25)5-7-13/h2-3,8-10,12-13,25H,4-7H2,1H3,(H,26,27)(H,21,22,23). The van der Waals surface area contributed by atoms with Crippen molar-refractivity contribution in [3.8, 4) is 5.88 Å². The molecule has 9 nitrogen and oxygen atoms in total. The highest BCUT2D eigenvalue weighted by Crippen LogP contribution is 2.31. The largest absolute Gasteiger partial charge is 0.478 e. The quantitative estimate of drug-likeness (QED) is 0.614. The summed E-state index contributed by atoms with van der Waals surface area (Å²) in [6, 6.07) is 3.61. The van der Waals surface area contributed by atoms with E-state index in [1.807, 2.05) is 6.07 Å². The van der Waals surface area contributed by atoms with E-state index in [0.29, 0.717) is 41.3 Å². The summed E-state index contributed by atoms with van der Waals surface area (Å²) in [5, 5.41) is 26.3. The van der Waals surface area contributed by atoms with Gasteiger partial charge < -0.3 is 20.3 Å². The Bertz CT molecular complexity index is 1010. The number of nitrogens with one attached hydrogen (secondary N) is 1. The number of aliphatic hydroxyl groups is 1. The van der Waals surface area contributed by atoms with Crippen molar-refractivity contribution in [1.82, 2.24) is 19.6 Å². The Labute approximate surface area is 161 Å². The van der Waals surface area contributed by atoms with Gasteiger partial charge in [0.25, 0.3) is 0 Å². The zero-order valence-corrected chi connectivity index (χ0v) is 15.4. The van der Waals surface area contributed by atoms with E-state index in [9.17, 15) is 15.0 Å². The van der Waals surface area contributed by atoms with Crippen molar-refractivity contribution in [2.24, 2.45) is 0 Å². The third-order valence-corrected chi connectivity index (χ3v) is 5.00. The molecular formula is C19H21N5O4. The highest BCUT2D eigenvalue weighted by molar-refractivity contribution is 5.94. The number of carbonyl (C=O) groups is 1. The number of carboxylic acids is 1. The molecule has 3 N–H and O–H groups in total. The molecule has 0 aliphatic heterocycles. The van der Waals surface area contributed by atoms with Crippen molar-refractivity contribution >= 4 is 23.0 Å². The Morgan fingerprint density at radius 2 is 2.07 bits per heavy atom. The number of aliphatic hydroxyl groups excluding tert-OH is 1. The van der Waals surface area contributed by atoms with Crippen LogP contribution in [0, 0.1) is 6.92 Å². The van der Waals surface area contributed by atoms with Crippen LogP contribution in [0.3, 0.4) is 0 Å². The Morgan fingerprint density at radius 3 is 2.82 bits per heavy atom. The third kappa shape index (κ3) is 3.48. The molecule has 1 aliphatic carbocycles. The van der Waals surface area contributed by atoms with Crippen LogP contribution < -0.4 is 10.1 Å². The normalized spacial score (nSPS) is 19.5. The molecule has 1 aliphatic rings. The van der Waals surface area contributed by atoms with Gasteiger partial charge in [-0.25, -0.2) is 19.3 Å². The predicted molar refractivity (Wildman–Crippen MR) is 101 cm³/mol. The maximum atomic E-state index is 11.4. The Hall–Kier alpha value is -3.20. The maximum absolute atomic E-state index is 11.4. The van der Waals surface area contributed by atoms with Crippen LogP contribution in [-0.4, -0.2) is 48.0 Å². The van der Waals surface area contributed by atoms with E-state index in [4.69, 9.17) is 4.74 Å². The van der Waals surface area contributed by atoms with Gasteiger partial charge in [0, 0.05) is 12.4 Å². The fraction of sp³-hybridized carbons (Fsp3) is 0.368. The van der Waals surface area contributed by atoms with Gasteiger partial charge in [0.15, 0.2) is 5.82 Å². The van der Waals surface area contributed by atoms with Crippen molar-refractivity contribution < 1.29 is 19.7 Å². The van der Waals surface area contributed by atoms with Crippen LogP contribution in [-0.2, 0) is 0 Å². The van der Waals surface area contributed by atoms with E-state index < -0.39 is 5.97 Å². The molecule has 3 aromatic heterocycles. The monoisotopic (exact) mass is 383 g/mol. The molecule has 1 fully saturated rings. The number of fused-ring (bicyclic) bond motifs is 1. The van der Waals surface area contributed by atoms with E-state index in [2.05, 4.69) is 20.4 Å². The summed E-state index contributed by atoms with van der Waals surface area (Å²) in [4.78, 5) is 20.0. The predicted octanol–water partition coefficient (Wildman–Crippen LogP) is 2.56. The number of rotatable bonds is 5. The number of aryl methyl sites for hydroxylation is 1. The lowest BCUT2D eigenvalue weighted by molar-refractivity contribution is 0.0647. The molecule has 0 amide bonds. The SMILES string of the molecule is Cc1c(C(=O)O)cn2ncnc(Nc3cccnc3OC3CCC(O)CC3)c12. The van der Waals surface area contributed by atoms with Crippen molar-refractivity contribution in [1.29, 1.82) is 0 Å².